The van der Waals surface area contributed by atoms with Crippen molar-refractivity contribution in [2.45, 2.75) is 75.1 Å². The molecule has 0 bridgehead atoms. The predicted octanol–water partition coefficient (Wildman–Crippen LogP) is 5.87. The van der Waals surface area contributed by atoms with Gasteiger partial charge in [0.2, 0.25) is 0 Å². The molecule has 0 unspecified atom stereocenters. The fraction of sp³-hybridized carbons (Fsp3) is 0.543. The Kier molecular flexibility index (Phi) is 9.44. The summed E-state index contributed by atoms with van der Waals surface area (Å²) in [5.41, 5.74) is 8.25. The van der Waals surface area contributed by atoms with Gasteiger partial charge >= 0.3 is 6.18 Å². The number of sulfone groups is 1. The van der Waals surface area contributed by atoms with Crippen molar-refractivity contribution in [1.82, 2.24) is 9.47 Å². The summed E-state index contributed by atoms with van der Waals surface area (Å²) < 4.78 is 78.4. The average molecular weight is 673 g/mol. The van der Waals surface area contributed by atoms with Crippen LogP contribution in [0.15, 0.2) is 47.4 Å². The molecule has 47 heavy (non-hydrogen) atoms. The Bertz CT molecular complexity index is 1760. The molecule has 12 heteroatoms. The molecule has 1 aromatic heterocycles. The summed E-state index contributed by atoms with van der Waals surface area (Å²) in [6.45, 7) is 5.18. The van der Waals surface area contributed by atoms with Gasteiger partial charge in [-0.25, -0.2) is 8.42 Å². The number of nitrogens with zero attached hydrogens (tertiary/aromatic N) is 3. The van der Waals surface area contributed by atoms with E-state index in [2.05, 4.69) is 21.6 Å². The summed E-state index contributed by atoms with van der Waals surface area (Å²) in [6.07, 6.45) is 2.83. The highest BCUT2D eigenvalue weighted by Gasteiger charge is 2.46. The van der Waals surface area contributed by atoms with Crippen LogP contribution in [0.5, 0.6) is 5.75 Å². The van der Waals surface area contributed by atoms with Crippen molar-refractivity contribution in [3.05, 3.63) is 48.2 Å². The second-order valence-corrected chi connectivity index (χ2v) is 15.3. The smallest absolute Gasteiger partial charge is 0.406 e. The Morgan fingerprint density at radius 1 is 1.09 bits per heavy atom. The molecule has 1 saturated carbocycles. The first-order chi connectivity index (χ1) is 22.4. The van der Waals surface area contributed by atoms with Crippen LogP contribution >= 0.6 is 0 Å². The molecule has 3 aliphatic rings. The van der Waals surface area contributed by atoms with Gasteiger partial charge in [0, 0.05) is 67.2 Å². The van der Waals surface area contributed by atoms with E-state index in [1.807, 2.05) is 6.92 Å². The summed E-state index contributed by atoms with van der Waals surface area (Å²) in [6, 6.07) is 12.0. The van der Waals surface area contributed by atoms with Crippen molar-refractivity contribution in [3.8, 4) is 17.6 Å². The molecular weight excluding hydrogens is 629 g/mol. The topological polar surface area (TPSA) is 90.0 Å². The Labute approximate surface area is 274 Å². The standard InChI is InChI=1S/C35H43F3N4O4S/c1-3-46-33-21-28(47(2,43)44)13-14-32(33)41(26-11-9-25(10-12-26)40-22-34(23-40)15-18-45-19-16-34)17-5-6-27-20-29-30(39)7-4-8-31(29)42(27)24-35(36,37)38/h4,7-8,13-14,20-21,25-26H,3,9-12,15-19,22-24,39H2,1-2H3. The fourth-order valence-corrected chi connectivity index (χ4v) is 8.19. The van der Waals surface area contributed by atoms with Gasteiger partial charge in [-0.1, -0.05) is 12.0 Å². The second-order valence-electron chi connectivity index (χ2n) is 13.3. The number of rotatable bonds is 8. The van der Waals surface area contributed by atoms with Crippen molar-refractivity contribution in [3.63, 3.8) is 0 Å². The summed E-state index contributed by atoms with van der Waals surface area (Å²) in [5, 5.41) is 0.528. The molecule has 1 aliphatic carbocycles. The third kappa shape index (κ3) is 7.37. The van der Waals surface area contributed by atoms with Crippen LogP contribution in [0.2, 0.25) is 0 Å². The number of nitrogens with two attached hydrogens (primary N) is 1. The molecule has 2 aliphatic heterocycles. The number of aromatic nitrogens is 1. The molecule has 254 valence electrons. The molecule has 1 spiro atoms. The lowest BCUT2D eigenvalue weighted by Gasteiger charge is -2.56. The van der Waals surface area contributed by atoms with E-state index in [1.54, 1.807) is 42.5 Å². The number of nitrogen functional groups attached to an aromatic ring is 1. The molecular formula is C35H43F3N4O4S. The number of fused-ring (bicyclic) bond motifs is 1. The van der Waals surface area contributed by atoms with Crippen LogP contribution in [-0.4, -0.2) is 81.9 Å². The number of benzene rings is 2. The molecule has 6 rings (SSSR count). The molecule has 0 radical (unpaired) electrons. The third-order valence-electron chi connectivity index (χ3n) is 10.0. The van der Waals surface area contributed by atoms with Crippen molar-refractivity contribution < 1.29 is 31.1 Å². The average Bonchev–Trinajstić information content (AvgIpc) is 3.35. The van der Waals surface area contributed by atoms with Gasteiger partial charge < -0.3 is 24.7 Å². The third-order valence-corrected chi connectivity index (χ3v) is 11.1. The second kappa shape index (κ2) is 13.2. The lowest BCUT2D eigenvalue weighted by molar-refractivity contribution is -0.140. The predicted molar refractivity (Wildman–Crippen MR) is 177 cm³/mol. The van der Waals surface area contributed by atoms with E-state index in [4.69, 9.17) is 15.2 Å². The highest BCUT2D eigenvalue weighted by molar-refractivity contribution is 7.90. The van der Waals surface area contributed by atoms with Crippen molar-refractivity contribution in [2.75, 3.05) is 56.3 Å². The molecule has 3 fully saturated rings. The van der Waals surface area contributed by atoms with Gasteiger partial charge in [-0.05, 0) is 81.7 Å². The number of ether oxygens (including phenoxy) is 2. The fourth-order valence-electron chi connectivity index (χ4n) is 7.55. The largest absolute Gasteiger partial charge is 0.492 e. The minimum absolute atomic E-state index is 0.0961. The summed E-state index contributed by atoms with van der Waals surface area (Å²) in [5.74, 6) is 6.63. The molecule has 3 aromatic rings. The van der Waals surface area contributed by atoms with Crippen molar-refractivity contribution in [2.24, 2.45) is 5.41 Å². The van der Waals surface area contributed by atoms with Gasteiger partial charge in [0.05, 0.1) is 34.9 Å². The molecule has 8 nitrogen and oxygen atoms in total. The van der Waals surface area contributed by atoms with Gasteiger partial charge in [0.1, 0.15) is 12.3 Å². The van der Waals surface area contributed by atoms with Crippen molar-refractivity contribution >= 4 is 32.1 Å². The minimum Gasteiger partial charge on any atom is -0.492 e. The Morgan fingerprint density at radius 2 is 1.81 bits per heavy atom. The van der Waals surface area contributed by atoms with E-state index < -0.39 is 22.6 Å². The highest BCUT2D eigenvalue weighted by Crippen LogP contribution is 2.44. The number of hydrogen-bond acceptors (Lipinski definition) is 7. The van der Waals surface area contributed by atoms with Gasteiger partial charge in [0.25, 0.3) is 0 Å². The molecule has 2 aromatic carbocycles. The maximum Gasteiger partial charge on any atom is 0.406 e. The van der Waals surface area contributed by atoms with Crippen LogP contribution in [0.4, 0.5) is 24.5 Å². The maximum atomic E-state index is 13.6. The SMILES string of the molecule is CCOc1cc(S(C)(=O)=O)ccc1N(CC#Cc1cc2c(N)cccc2n1CC(F)(F)F)C1CCC(N2CC3(CCOCC3)C2)CC1. The zero-order chi connectivity index (χ0) is 33.4. The first kappa shape index (κ1) is 33.5. The van der Waals surface area contributed by atoms with E-state index in [9.17, 15) is 21.6 Å². The van der Waals surface area contributed by atoms with E-state index >= 15 is 0 Å². The molecule has 2 saturated heterocycles. The monoisotopic (exact) mass is 672 g/mol. The van der Waals surface area contributed by atoms with E-state index in [0.29, 0.717) is 40.4 Å². The van der Waals surface area contributed by atoms with Gasteiger partial charge in [-0.15, -0.1) is 0 Å². The van der Waals surface area contributed by atoms with Crippen LogP contribution in [0.3, 0.4) is 0 Å². The van der Waals surface area contributed by atoms with Crippen LogP contribution in [0, 0.1) is 17.3 Å². The van der Waals surface area contributed by atoms with E-state index in [-0.39, 0.29) is 23.2 Å². The zero-order valence-electron chi connectivity index (χ0n) is 27.0. The first-order valence-electron chi connectivity index (χ1n) is 16.3. The van der Waals surface area contributed by atoms with Crippen LogP contribution in [-0.2, 0) is 21.1 Å². The van der Waals surface area contributed by atoms with Gasteiger partial charge in [0.15, 0.2) is 9.84 Å². The quantitative estimate of drug-likeness (QED) is 0.237. The zero-order valence-corrected chi connectivity index (χ0v) is 27.8. The maximum absolute atomic E-state index is 13.6. The van der Waals surface area contributed by atoms with Gasteiger partial charge in [-0.3, -0.25) is 4.90 Å². The number of anilines is 2. The van der Waals surface area contributed by atoms with Gasteiger partial charge in [-0.2, -0.15) is 13.2 Å². The first-order valence-corrected chi connectivity index (χ1v) is 18.2. The van der Waals surface area contributed by atoms with Crippen molar-refractivity contribution in [1.29, 1.82) is 0 Å². The lowest BCUT2D eigenvalue weighted by Crippen LogP contribution is -2.62. The lowest BCUT2D eigenvalue weighted by atomic mass is 9.71. The Hall–Kier alpha value is -3.40. The summed E-state index contributed by atoms with van der Waals surface area (Å²) in [4.78, 5) is 4.92. The normalized spacial score (nSPS) is 21.6. The molecule has 2 N–H and O–H groups in total. The Balaban J connectivity index is 1.28. The highest BCUT2D eigenvalue weighted by atomic mass is 32.2. The molecule has 0 amide bonds. The Morgan fingerprint density at radius 3 is 2.47 bits per heavy atom. The summed E-state index contributed by atoms with van der Waals surface area (Å²) >= 11 is 0. The molecule has 3 heterocycles. The van der Waals surface area contributed by atoms with Crippen LogP contribution in [0.25, 0.3) is 10.9 Å². The van der Waals surface area contributed by atoms with E-state index in [0.717, 1.165) is 76.8 Å². The number of halogens is 3. The number of hydrogen-bond donors (Lipinski definition) is 1. The number of alkyl halides is 3. The van der Waals surface area contributed by atoms with E-state index in [1.165, 1.54) is 4.57 Å². The van der Waals surface area contributed by atoms with Crippen LogP contribution in [0.1, 0.15) is 51.1 Å². The number of likely N-dealkylation sites (tertiary alicyclic amines) is 1. The van der Waals surface area contributed by atoms with Crippen LogP contribution < -0.4 is 15.4 Å². The summed E-state index contributed by atoms with van der Waals surface area (Å²) in [7, 11) is -3.47. The molecule has 0 atom stereocenters. The minimum atomic E-state index is -4.44.